The number of carbonyl (C=O) groups is 1. The van der Waals surface area contributed by atoms with E-state index in [1.807, 2.05) is 6.92 Å². The molecule has 0 unspecified atom stereocenters. The molecule has 0 aliphatic rings. The Hall–Kier alpha value is -0.850. The van der Waals surface area contributed by atoms with E-state index in [2.05, 4.69) is 27.7 Å². The third-order valence-electron chi connectivity index (χ3n) is 2.89. The molecular weight excluding hydrogens is 320 g/mol. The third-order valence-corrected chi connectivity index (χ3v) is 6.90. The van der Waals surface area contributed by atoms with E-state index in [4.69, 9.17) is 0 Å². The number of rotatable bonds is 5. The Labute approximate surface area is 137 Å². The highest BCUT2D eigenvalue weighted by Gasteiger charge is 2.27. The van der Waals surface area contributed by atoms with Gasteiger partial charge in [0, 0.05) is 0 Å². The van der Waals surface area contributed by atoms with Crippen molar-refractivity contribution in [3.8, 4) is 0 Å². The first-order valence-corrected chi connectivity index (χ1v) is 10.1. The molecule has 0 aliphatic heterocycles. The highest BCUT2D eigenvalue weighted by atomic mass is 32.2. The van der Waals surface area contributed by atoms with Crippen molar-refractivity contribution in [2.45, 2.75) is 56.9 Å². The summed E-state index contributed by atoms with van der Waals surface area (Å²) in [5.41, 5.74) is 0.928. The normalized spacial score (nSPS) is 11.5. The zero-order chi connectivity index (χ0) is 17.5. The van der Waals surface area contributed by atoms with Crippen LogP contribution in [-0.4, -0.2) is 35.0 Å². The maximum atomic E-state index is 10.9. The standard InChI is InChI=1S/C9H19OS.C7H8O3S/c1-7(2)11(8(3)4)6-9(5)10;1-6-2-4-7(5-3-6)11(8,9)10/h7-8H,6H2,1-5H3;2-5H,1H3,(H,8,9,10)/q+1;/p-1. The molecule has 0 heterocycles. The molecule has 0 saturated carbocycles. The van der Waals surface area contributed by atoms with Gasteiger partial charge in [0.05, 0.1) is 4.90 Å². The molecule has 0 amide bonds. The van der Waals surface area contributed by atoms with Crippen LogP contribution in [0.1, 0.15) is 40.2 Å². The minimum atomic E-state index is -4.27. The van der Waals surface area contributed by atoms with Gasteiger partial charge in [-0.1, -0.05) is 17.7 Å². The minimum Gasteiger partial charge on any atom is -0.744 e. The van der Waals surface area contributed by atoms with Crippen LogP contribution in [0, 0.1) is 6.92 Å². The monoisotopic (exact) mass is 346 g/mol. The zero-order valence-electron chi connectivity index (χ0n) is 14.1. The van der Waals surface area contributed by atoms with E-state index < -0.39 is 10.1 Å². The van der Waals surface area contributed by atoms with Crippen LogP contribution in [0.15, 0.2) is 29.2 Å². The molecule has 0 atom stereocenters. The highest BCUT2D eigenvalue weighted by Crippen LogP contribution is 2.12. The molecule has 126 valence electrons. The molecule has 0 aromatic heterocycles. The first-order chi connectivity index (χ1) is 9.95. The summed E-state index contributed by atoms with van der Waals surface area (Å²) in [6.45, 7) is 12.3. The molecule has 0 aliphatic carbocycles. The number of benzene rings is 1. The van der Waals surface area contributed by atoms with E-state index in [9.17, 15) is 17.8 Å². The Morgan fingerprint density at radius 3 is 1.73 bits per heavy atom. The number of aryl methyl sites for hydroxylation is 1. The Morgan fingerprint density at radius 2 is 1.50 bits per heavy atom. The molecule has 0 radical (unpaired) electrons. The average Bonchev–Trinajstić information content (AvgIpc) is 2.35. The number of Topliss-reactive ketones (excluding diaryl/α,β-unsaturated/α-hetero) is 1. The molecule has 1 aromatic rings. The molecular formula is C16H26O4S2. The van der Waals surface area contributed by atoms with Crippen molar-refractivity contribution in [2.75, 3.05) is 5.75 Å². The topological polar surface area (TPSA) is 74.3 Å². The molecule has 0 bridgehead atoms. The number of ketones is 1. The van der Waals surface area contributed by atoms with Crippen molar-refractivity contribution in [3.05, 3.63) is 29.8 Å². The minimum absolute atomic E-state index is 0.178. The van der Waals surface area contributed by atoms with Crippen LogP contribution in [-0.2, 0) is 25.8 Å². The molecule has 4 nitrogen and oxygen atoms in total. The van der Waals surface area contributed by atoms with E-state index >= 15 is 0 Å². The molecule has 0 N–H and O–H groups in total. The second-order valence-corrected chi connectivity index (χ2v) is 10.2. The van der Waals surface area contributed by atoms with Gasteiger partial charge in [0.25, 0.3) is 0 Å². The Kier molecular flexibility index (Phi) is 8.96. The predicted molar refractivity (Wildman–Crippen MR) is 92.3 cm³/mol. The Balaban J connectivity index is 0.000000401. The van der Waals surface area contributed by atoms with Crippen LogP contribution in [0.4, 0.5) is 0 Å². The van der Waals surface area contributed by atoms with Gasteiger partial charge in [-0.15, -0.1) is 0 Å². The van der Waals surface area contributed by atoms with Crippen LogP contribution in [0.5, 0.6) is 0 Å². The van der Waals surface area contributed by atoms with Crippen LogP contribution in [0.2, 0.25) is 0 Å². The van der Waals surface area contributed by atoms with Crippen molar-refractivity contribution in [3.63, 3.8) is 0 Å². The smallest absolute Gasteiger partial charge is 0.178 e. The summed E-state index contributed by atoms with van der Waals surface area (Å²) in [5.74, 6) is 1.10. The fourth-order valence-corrected chi connectivity index (χ4v) is 4.51. The fraction of sp³-hybridized carbons (Fsp3) is 0.562. The average molecular weight is 347 g/mol. The first-order valence-electron chi connectivity index (χ1n) is 7.15. The van der Waals surface area contributed by atoms with Gasteiger partial charge in [-0.2, -0.15) is 0 Å². The maximum absolute atomic E-state index is 10.9. The van der Waals surface area contributed by atoms with Crippen LogP contribution in [0.25, 0.3) is 0 Å². The van der Waals surface area contributed by atoms with Gasteiger partial charge in [-0.25, -0.2) is 8.42 Å². The van der Waals surface area contributed by atoms with Crippen LogP contribution in [0.3, 0.4) is 0 Å². The first kappa shape index (κ1) is 21.1. The molecule has 0 fully saturated rings. The van der Waals surface area contributed by atoms with Crippen molar-refractivity contribution >= 4 is 26.8 Å². The lowest BCUT2D eigenvalue weighted by Gasteiger charge is -2.13. The number of hydrogen-bond acceptors (Lipinski definition) is 4. The van der Waals surface area contributed by atoms with E-state index in [1.165, 1.54) is 12.1 Å². The van der Waals surface area contributed by atoms with Crippen molar-refractivity contribution in [2.24, 2.45) is 0 Å². The predicted octanol–water partition coefficient (Wildman–Crippen LogP) is 2.91. The Morgan fingerprint density at radius 1 is 1.09 bits per heavy atom. The maximum Gasteiger partial charge on any atom is 0.178 e. The number of hydrogen-bond donors (Lipinski definition) is 0. The van der Waals surface area contributed by atoms with Gasteiger partial charge < -0.3 is 4.55 Å². The van der Waals surface area contributed by atoms with Crippen LogP contribution >= 0.6 is 0 Å². The van der Waals surface area contributed by atoms with Crippen molar-refractivity contribution in [1.82, 2.24) is 0 Å². The fourth-order valence-electron chi connectivity index (χ4n) is 1.82. The quantitative estimate of drug-likeness (QED) is 0.607. The second-order valence-electron chi connectivity index (χ2n) is 5.68. The van der Waals surface area contributed by atoms with Gasteiger partial charge in [-0.3, -0.25) is 4.79 Å². The molecule has 0 spiro atoms. The van der Waals surface area contributed by atoms with Gasteiger partial charge in [0.1, 0.15) is 20.6 Å². The van der Waals surface area contributed by atoms with Gasteiger partial charge >= 0.3 is 0 Å². The summed E-state index contributed by atoms with van der Waals surface area (Å²) in [6, 6.07) is 5.78. The lowest BCUT2D eigenvalue weighted by atomic mass is 10.2. The van der Waals surface area contributed by atoms with E-state index in [0.717, 1.165) is 11.3 Å². The van der Waals surface area contributed by atoms with Crippen molar-refractivity contribution in [1.29, 1.82) is 0 Å². The summed E-state index contributed by atoms with van der Waals surface area (Å²) < 4.78 is 31.2. The number of carbonyl (C=O) groups excluding carboxylic acids is 1. The molecule has 22 heavy (non-hydrogen) atoms. The lowest BCUT2D eigenvalue weighted by molar-refractivity contribution is -0.114. The van der Waals surface area contributed by atoms with E-state index in [0.29, 0.717) is 27.2 Å². The summed E-state index contributed by atoms with van der Waals surface area (Å²) in [5, 5.41) is 1.30. The van der Waals surface area contributed by atoms with Gasteiger partial charge in [0.15, 0.2) is 11.5 Å². The van der Waals surface area contributed by atoms with Crippen molar-refractivity contribution < 1.29 is 17.8 Å². The van der Waals surface area contributed by atoms with Crippen LogP contribution < -0.4 is 0 Å². The summed E-state index contributed by atoms with van der Waals surface area (Å²) >= 11 is 0. The molecule has 1 aromatic carbocycles. The summed E-state index contributed by atoms with van der Waals surface area (Å²) in [6.07, 6.45) is 0. The second kappa shape index (κ2) is 9.33. The SMILES string of the molecule is CC(=O)C[S+](C(C)C)C(C)C.Cc1ccc(S(=O)(=O)[O-])cc1. The lowest BCUT2D eigenvalue weighted by Crippen LogP contribution is -2.30. The zero-order valence-corrected chi connectivity index (χ0v) is 15.8. The van der Waals surface area contributed by atoms with Gasteiger partial charge in [0.2, 0.25) is 0 Å². The van der Waals surface area contributed by atoms with E-state index in [1.54, 1.807) is 19.1 Å². The van der Waals surface area contributed by atoms with E-state index in [-0.39, 0.29) is 4.90 Å². The third kappa shape index (κ3) is 8.56. The Bertz CT molecular complexity index is 552. The summed E-state index contributed by atoms with van der Waals surface area (Å²) in [4.78, 5) is 10.7. The largest absolute Gasteiger partial charge is 0.744 e. The highest BCUT2D eigenvalue weighted by molar-refractivity contribution is 7.98. The van der Waals surface area contributed by atoms with Gasteiger partial charge in [-0.05, 0) is 64.6 Å². The summed E-state index contributed by atoms with van der Waals surface area (Å²) in [7, 11) is -3.98. The molecule has 6 heteroatoms. The molecule has 1 rings (SSSR count). The molecule has 0 saturated heterocycles.